The van der Waals surface area contributed by atoms with Crippen molar-refractivity contribution < 1.29 is 13.2 Å². The predicted octanol–water partition coefficient (Wildman–Crippen LogP) is 3.41. The van der Waals surface area contributed by atoms with Crippen LogP contribution >= 0.6 is 0 Å². The minimum atomic E-state index is -1.14. The molecule has 1 aliphatic carbocycles. The lowest BCUT2D eigenvalue weighted by Gasteiger charge is -2.27. The minimum Gasteiger partial charge on any atom is -0.345 e. The minimum absolute atomic E-state index is 0.153. The summed E-state index contributed by atoms with van der Waals surface area (Å²) >= 11 is 0. The Labute approximate surface area is 132 Å². The number of hydrogen-bond donors (Lipinski definition) is 0. The van der Waals surface area contributed by atoms with Gasteiger partial charge < -0.3 is 9.47 Å². The quantitative estimate of drug-likeness (QED) is 0.751. The molecule has 0 saturated heterocycles. The summed E-state index contributed by atoms with van der Waals surface area (Å²) < 4.78 is 42.9. The number of benzene rings is 1. The fourth-order valence-electron chi connectivity index (χ4n) is 3.82. The molecule has 0 fully saturated rings. The molecule has 1 aromatic carbocycles. The number of imidazole rings is 1. The molecular formula is C17H18F3N3. The molecule has 23 heavy (non-hydrogen) atoms. The van der Waals surface area contributed by atoms with Crippen LogP contribution in [0.25, 0.3) is 0 Å². The third-order valence-electron chi connectivity index (χ3n) is 5.00. The molecular weight excluding hydrogens is 303 g/mol. The number of anilines is 1. The molecule has 2 heterocycles. The molecule has 6 heteroatoms. The summed E-state index contributed by atoms with van der Waals surface area (Å²) in [6, 6.07) is 1.65. The van der Waals surface area contributed by atoms with Crippen LogP contribution in [0, 0.1) is 17.5 Å². The van der Waals surface area contributed by atoms with Crippen LogP contribution in [0.2, 0.25) is 0 Å². The largest absolute Gasteiger partial charge is 0.345 e. The maximum Gasteiger partial charge on any atom is 0.205 e. The van der Waals surface area contributed by atoms with Crippen molar-refractivity contribution in [3.8, 4) is 0 Å². The number of halogens is 3. The van der Waals surface area contributed by atoms with Gasteiger partial charge in [0.05, 0.1) is 5.69 Å². The van der Waals surface area contributed by atoms with Crippen molar-refractivity contribution in [2.45, 2.75) is 38.1 Å². The first-order valence-electron chi connectivity index (χ1n) is 7.98. The second kappa shape index (κ2) is 5.28. The van der Waals surface area contributed by atoms with Crippen molar-refractivity contribution in [2.24, 2.45) is 0 Å². The summed E-state index contributed by atoms with van der Waals surface area (Å²) in [5, 5.41) is 0. The van der Waals surface area contributed by atoms with Crippen molar-refractivity contribution in [2.75, 3.05) is 18.5 Å². The van der Waals surface area contributed by atoms with Gasteiger partial charge in [0.2, 0.25) is 5.95 Å². The fraction of sp³-hybridized carbons (Fsp3) is 0.471. The molecule has 3 nitrogen and oxygen atoms in total. The van der Waals surface area contributed by atoms with E-state index in [4.69, 9.17) is 4.98 Å². The summed E-state index contributed by atoms with van der Waals surface area (Å²) in [7, 11) is 2.02. The van der Waals surface area contributed by atoms with E-state index in [0.29, 0.717) is 12.5 Å². The first-order chi connectivity index (χ1) is 11.0. The molecule has 0 unspecified atom stereocenters. The van der Waals surface area contributed by atoms with Crippen LogP contribution in [-0.4, -0.2) is 23.1 Å². The number of hydrogen-bond acceptors (Lipinski definition) is 2. The Morgan fingerprint density at radius 3 is 2.70 bits per heavy atom. The van der Waals surface area contributed by atoms with Crippen molar-refractivity contribution >= 4 is 5.95 Å². The average Bonchev–Trinajstić information content (AvgIpc) is 2.90. The lowest BCUT2D eigenvalue weighted by molar-refractivity contribution is 0.470. The van der Waals surface area contributed by atoms with E-state index in [9.17, 15) is 13.2 Å². The first kappa shape index (κ1) is 14.6. The molecule has 4 rings (SSSR count). The monoisotopic (exact) mass is 321 g/mol. The zero-order valence-corrected chi connectivity index (χ0v) is 13.0. The molecule has 2 aromatic rings. The van der Waals surface area contributed by atoms with Crippen LogP contribution in [0.3, 0.4) is 0 Å². The van der Waals surface area contributed by atoms with Gasteiger partial charge in [-0.1, -0.05) is 0 Å². The molecule has 0 spiro atoms. The lowest BCUT2D eigenvalue weighted by atomic mass is 9.84. The van der Waals surface area contributed by atoms with Crippen LogP contribution < -0.4 is 4.90 Å². The Balaban J connectivity index is 1.68. The summed E-state index contributed by atoms with van der Waals surface area (Å²) in [6.45, 7) is 1.95. The second-order valence-electron chi connectivity index (χ2n) is 6.46. The van der Waals surface area contributed by atoms with Crippen molar-refractivity contribution in [1.82, 2.24) is 9.55 Å². The van der Waals surface area contributed by atoms with E-state index >= 15 is 0 Å². The summed E-state index contributed by atoms with van der Waals surface area (Å²) in [4.78, 5) is 6.85. The standard InChI is InChI=1S/C17H18F3N3/c1-22-5-2-6-23-16-4-3-10(7-15(16)21-17(22)23)11-8-13(19)14(20)9-12(11)18/h8-10H,2-7H2,1H3/t10-/m1/s1. The third-order valence-corrected chi connectivity index (χ3v) is 5.00. The van der Waals surface area contributed by atoms with Crippen LogP contribution in [0.4, 0.5) is 19.1 Å². The van der Waals surface area contributed by atoms with E-state index in [0.717, 1.165) is 50.1 Å². The number of nitrogens with zero attached hydrogens (tertiary/aromatic N) is 3. The smallest absolute Gasteiger partial charge is 0.205 e. The van der Waals surface area contributed by atoms with Crippen LogP contribution in [0.5, 0.6) is 0 Å². The molecule has 122 valence electrons. The Bertz CT molecular complexity index is 769. The van der Waals surface area contributed by atoms with Gasteiger partial charge in [0.25, 0.3) is 0 Å². The molecule has 0 N–H and O–H groups in total. The molecule has 2 aliphatic rings. The van der Waals surface area contributed by atoms with Crippen molar-refractivity contribution in [3.05, 3.63) is 46.5 Å². The van der Waals surface area contributed by atoms with E-state index in [1.54, 1.807) is 0 Å². The van der Waals surface area contributed by atoms with E-state index in [-0.39, 0.29) is 11.5 Å². The van der Waals surface area contributed by atoms with Gasteiger partial charge in [-0.3, -0.25) is 0 Å². The molecule has 0 saturated carbocycles. The molecule has 0 radical (unpaired) electrons. The van der Waals surface area contributed by atoms with E-state index in [1.807, 2.05) is 7.05 Å². The molecule has 1 aliphatic heterocycles. The Hall–Kier alpha value is -1.98. The number of fused-ring (bicyclic) bond motifs is 3. The third kappa shape index (κ3) is 2.31. The maximum atomic E-state index is 14.0. The SMILES string of the molecule is CN1CCCn2c1nc1c2CC[C@@H](c2cc(F)c(F)cc2F)C1. The zero-order chi connectivity index (χ0) is 16.1. The van der Waals surface area contributed by atoms with Crippen LogP contribution in [0.1, 0.15) is 35.7 Å². The Kier molecular flexibility index (Phi) is 3.36. The molecule has 0 bridgehead atoms. The predicted molar refractivity (Wildman–Crippen MR) is 81.2 cm³/mol. The highest BCUT2D eigenvalue weighted by Gasteiger charge is 2.30. The summed E-state index contributed by atoms with van der Waals surface area (Å²) in [5.41, 5.74) is 2.44. The highest BCUT2D eigenvalue weighted by atomic mass is 19.2. The number of aromatic nitrogens is 2. The van der Waals surface area contributed by atoms with Gasteiger partial charge in [0.1, 0.15) is 5.82 Å². The Morgan fingerprint density at radius 1 is 1.09 bits per heavy atom. The van der Waals surface area contributed by atoms with Gasteiger partial charge in [-0.05, 0) is 43.2 Å². The molecule has 1 aromatic heterocycles. The topological polar surface area (TPSA) is 21.1 Å². The van der Waals surface area contributed by atoms with Gasteiger partial charge in [-0.15, -0.1) is 0 Å². The molecule has 1 atom stereocenters. The fourth-order valence-corrected chi connectivity index (χ4v) is 3.82. The van der Waals surface area contributed by atoms with Gasteiger partial charge in [-0.2, -0.15) is 0 Å². The van der Waals surface area contributed by atoms with Crippen LogP contribution in [-0.2, 0) is 19.4 Å². The van der Waals surface area contributed by atoms with E-state index < -0.39 is 17.5 Å². The van der Waals surface area contributed by atoms with Gasteiger partial charge in [0.15, 0.2) is 11.6 Å². The van der Waals surface area contributed by atoms with Crippen molar-refractivity contribution in [1.29, 1.82) is 0 Å². The molecule has 0 amide bonds. The number of rotatable bonds is 1. The van der Waals surface area contributed by atoms with E-state index in [1.165, 1.54) is 5.69 Å². The lowest BCUT2D eigenvalue weighted by Crippen LogP contribution is -2.29. The highest BCUT2D eigenvalue weighted by molar-refractivity contribution is 5.40. The van der Waals surface area contributed by atoms with Gasteiger partial charge in [-0.25, -0.2) is 18.2 Å². The maximum absolute atomic E-state index is 14.0. The Morgan fingerprint density at radius 2 is 1.87 bits per heavy atom. The van der Waals surface area contributed by atoms with Gasteiger partial charge in [0, 0.05) is 31.9 Å². The average molecular weight is 321 g/mol. The normalized spacial score (nSPS) is 20.3. The van der Waals surface area contributed by atoms with Crippen LogP contribution in [0.15, 0.2) is 12.1 Å². The van der Waals surface area contributed by atoms with Gasteiger partial charge >= 0.3 is 0 Å². The summed E-state index contributed by atoms with van der Waals surface area (Å²) in [6.07, 6.45) is 3.18. The summed E-state index contributed by atoms with van der Waals surface area (Å²) in [5.74, 6) is -1.98. The zero-order valence-electron chi connectivity index (χ0n) is 13.0. The van der Waals surface area contributed by atoms with Crippen molar-refractivity contribution in [3.63, 3.8) is 0 Å². The first-order valence-corrected chi connectivity index (χ1v) is 7.98. The highest BCUT2D eigenvalue weighted by Crippen LogP contribution is 2.37. The second-order valence-corrected chi connectivity index (χ2v) is 6.46. The van der Waals surface area contributed by atoms with E-state index in [2.05, 4.69) is 9.47 Å².